The van der Waals surface area contributed by atoms with Crippen LogP contribution in [-0.2, 0) is 5.41 Å². The quantitative estimate of drug-likeness (QED) is 0.201. The van der Waals surface area contributed by atoms with Crippen molar-refractivity contribution in [2.24, 2.45) is 0 Å². The second kappa shape index (κ2) is 10.4. The van der Waals surface area contributed by atoms with Gasteiger partial charge >= 0.3 is 0 Å². The van der Waals surface area contributed by atoms with Gasteiger partial charge in [-0.25, -0.2) is 0 Å². The molecule has 0 saturated carbocycles. The molecule has 44 heavy (non-hydrogen) atoms. The highest BCUT2D eigenvalue weighted by Gasteiger charge is 2.35. The SMILES string of the molecule is CC1(C)c2ccccc2-c2ccc(N(c3ccc(-c4ccccc4)c(-c4ccccc4)c3)c3ccc4ccccc4c3)cc21. The van der Waals surface area contributed by atoms with E-state index in [9.17, 15) is 0 Å². The van der Waals surface area contributed by atoms with Crippen LogP contribution in [0.5, 0.6) is 0 Å². The summed E-state index contributed by atoms with van der Waals surface area (Å²) >= 11 is 0. The van der Waals surface area contributed by atoms with E-state index < -0.39 is 0 Å². The molecule has 0 saturated heterocycles. The summed E-state index contributed by atoms with van der Waals surface area (Å²) in [6, 6.07) is 59.7. The molecule has 0 aromatic heterocycles. The van der Waals surface area contributed by atoms with Crippen LogP contribution in [-0.4, -0.2) is 0 Å². The zero-order valence-corrected chi connectivity index (χ0v) is 25.0. The Labute approximate surface area is 259 Å². The zero-order chi connectivity index (χ0) is 29.7. The molecule has 0 amide bonds. The van der Waals surface area contributed by atoms with Crippen molar-refractivity contribution in [2.75, 3.05) is 4.90 Å². The number of hydrogen-bond donors (Lipinski definition) is 0. The Morgan fingerprint density at radius 3 is 1.64 bits per heavy atom. The van der Waals surface area contributed by atoms with Crippen LogP contribution in [0.2, 0.25) is 0 Å². The molecule has 1 heteroatoms. The van der Waals surface area contributed by atoms with Gasteiger partial charge in [0.25, 0.3) is 0 Å². The summed E-state index contributed by atoms with van der Waals surface area (Å²) in [4.78, 5) is 2.42. The summed E-state index contributed by atoms with van der Waals surface area (Å²) in [6.45, 7) is 4.70. The molecule has 0 heterocycles. The number of fused-ring (bicyclic) bond motifs is 4. The Bertz CT molecular complexity index is 2140. The summed E-state index contributed by atoms with van der Waals surface area (Å²) in [6.07, 6.45) is 0. The van der Waals surface area contributed by atoms with E-state index in [2.05, 4.69) is 183 Å². The number of benzene rings is 7. The first-order valence-corrected chi connectivity index (χ1v) is 15.4. The highest BCUT2D eigenvalue weighted by molar-refractivity contribution is 5.93. The third-order valence-corrected chi connectivity index (χ3v) is 9.25. The summed E-state index contributed by atoms with van der Waals surface area (Å²) in [5.74, 6) is 0. The van der Waals surface area contributed by atoms with Crippen molar-refractivity contribution in [3.8, 4) is 33.4 Å². The Hall–Kier alpha value is -5.40. The maximum absolute atomic E-state index is 2.42. The van der Waals surface area contributed by atoms with Gasteiger partial charge in [-0.05, 0) is 91.7 Å². The van der Waals surface area contributed by atoms with Gasteiger partial charge in [0, 0.05) is 22.5 Å². The predicted octanol–water partition coefficient (Wildman–Crippen LogP) is 11.9. The Morgan fingerprint density at radius 1 is 0.364 bits per heavy atom. The first-order chi connectivity index (χ1) is 21.6. The molecule has 210 valence electrons. The molecule has 0 N–H and O–H groups in total. The average molecular weight is 564 g/mol. The van der Waals surface area contributed by atoms with E-state index in [0.29, 0.717) is 0 Å². The molecular formula is C43H33N. The van der Waals surface area contributed by atoms with Gasteiger partial charge in [0.05, 0.1) is 0 Å². The van der Waals surface area contributed by atoms with Crippen LogP contribution in [0.15, 0.2) is 164 Å². The van der Waals surface area contributed by atoms with Gasteiger partial charge in [-0.1, -0.05) is 141 Å². The van der Waals surface area contributed by atoms with E-state index in [-0.39, 0.29) is 5.41 Å². The lowest BCUT2D eigenvalue weighted by atomic mass is 9.82. The molecular weight excluding hydrogens is 530 g/mol. The molecule has 0 aliphatic heterocycles. The third kappa shape index (κ3) is 4.32. The van der Waals surface area contributed by atoms with E-state index in [1.807, 2.05) is 0 Å². The van der Waals surface area contributed by atoms with Crippen LogP contribution >= 0.6 is 0 Å². The van der Waals surface area contributed by atoms with Crippen LogP contribution in [0.25, 0.3) is 44.2 Å². The Morgan fingerprint density at radius 2 is 0.886 bits per heavy atom. The maximum Gasteiger partial charge on any atom is 0.0468 e. The average Bonchev–Trinajstić information content (AvgIpc) is 3.31. The maximum atomic E-state index is 2.42. The topological polar surface area (TPSA) is 3.24 Å². The van der Waals surface area contributed by atoms with E-state index in [4.69, 9.17) is 0 Å². The minimum absolute atomic E-state index is 0.0800. The van der Waals surface area contributed by atoms with Crippen molar-refractivity contribution in [1.29, 1.82) is 0 Å². The Balaban J connectivity index is 1.36. The monoisotopic (exact) mass is 563 g/mol. The van der Waals surface area contributed by atoms with Gasteiger partial charge in [0.15, 0.2) is 0 Å². The van der Waals surface area contributed by atoms with E-state index in [1.165, 1.54) is 55.3 Å². The molecule has 8 rings (SSSR count). The summed E-state index contributed by atoms with van der Waals surface area (Å²) in [7, 11) is 0. The van der Waals surface area contributed by atoms with Crippen molar-refractivity contribution in [2.45, 2.75) is 19.3 Å². The number of hydrogen-bond acceptors (Lipinski definition) is 1. The van der Waals surface area contributed by atoms with Gasteiger partial charge < -0.3 is 4.90 Å². The summed E-state index contributed by atoms with van der Waals surface area (Å²) < 4.78 is 0. The Kier molecular flexibility index (Phi) is 6.20. The molecule has 0 bridgehead atoms. The minimum atomic E-state index is -0.0800. The molecule has 1 nitrogen and oxygen atoms in total. The highest BCUT2D eigenvalue weighted by Crippen LogP contribution is 2.51. The fraction of sp³-hybridized carbons (Fsp3) is 0.0698. The van der Waals surface area contributed by atoms with E-state index >= 15 is 0 Å². The van der Waals surface area contributed by atoms with Crippen molar-refractivity contribution in [3.05, 3.63) is 175 Å². The fourth-order valence-electron chi connectivity index (χ4n) is 6.99. The fourth-order valence-corrected chi connectivity index (χ4v) is 6.99. The molecule has 0 spiro atoms. The lowest BCUT2D eigenvalue weighted by Crippen LogP contribution is -2.16. The lowest BCUT2D eigenvalue weighted by molar-refractivity contribution is 0.660. The highest BCUT2D eigenvalue weighted by atomic mass is 15.1. The molecule has 1 aliphatic carbocycles. The smallest absolute Gasteiger partial charge is 0.0468 e. The molecule has 0 atom stereocenters. The minimum Gasteiger partial charge on any atom is -0.310 e. The van der Waals surface area contributed by atoms with E-state index in [1.54, 1.807) is 0 Å². The number of anilines is 3. The number of nitrogens with zero attached hydrogens (tertiary/aromatic N) is 1. The molecule has 0 unspecified atom stereocenters. The van der Waals surface area contributed by atoms with Gasteiger partial charge in [-0.15, -0.1) is 0 Å². The second-order valence-corrected chi connectivity index (χ2v) is 12.2. The van der Waals surface area contributed by atoms with Crippen LogP contribution in [0.3, 0.4) is 0 Å². The molecule has 1 aliphatic rings. The second-order valence-electron chi connectivity index (χ2n) is 12.2. The van der Waals surface area contributed by atoms with E-state index in [0.717, 1.165) is 17.1 Å². The van der Waals surface area contributed by atoms with Gasteiger partial charge in [0.2, 0.25) is 0 Å². The largest absolute Gasteiger partial charge is 0.310 e. The molecule has 0 radical (unpaired) electrons. The lowest BCUT2D eigenvalue weighted by Gasteiger charge is -2.29. The summed E-state index contributed by atoms with van der Waals surface area (Å²) in [5.41, 5.74) is 13.6. The first-order valence-electron chi connectivity index (χ1n) is 15.4. The first kappa shape index (κ1) is 26.2. The van der Waals surface area contributed by atoms with Gasteiger partial charge in [0.1, 0.15) is 0 Å². The van der Waals surface area contributed by atoms with Gasteiger partial charge in [-0.2, -0.15) is 0 Å². The van der Waals surface area contributed by atoms with Crippen molar-refractivity contribution in [1.82, 2.24) is 0 Å². The van der Waals surface area contributed by atoms with Gasteiger partial charge in [-0.3, -0.25) is 0 Å². The van der Waals surface area contributed by atoms with Crippen LogP contribution < -0.4 is 4.90 Å². The normalized spacial score (nSPS) is 13.0. The molecule has 0 fully saturated rings. The van der Waals surface area contributed by atoms with Crippen molar-refractivity contribution >= 4 is 27.8 Å². The summed E-state index contributed by atoms with van der Waals surface area (Å²) in [5, 5.41) is 2.47. The van der Waals surface area contributed by atoms with Crippen molar-refractivity contribution in [3.63, 3.8) is 0 Å². The van der Waals surface area contributed by atoms with Crippen LogP contribution in [0.4, 0.5) is 17.1 Å². The zero-order valence-electron chi connectivity index (χ0n) is 25.0. The van der Waals surface area contributed by atoms with Crippen molar-refractivity contribution < 1.29 is 0 Å². The van der Waals surface area contributed by atoms with Crippen LogP contribution in [0.1, 0.15) is 25.0 Å². The molecule has 7 aromatic carbocycles. The third-order valence-electron chi connectivity index (χ3n) is 9.25. The van der Waals surface area contributed by atoms with Crippen LogP contribution in [0, 0.1) is 0 Å². The number of rotatable bonds is 5. The predicted molar refractivity (Wildman–Crippen MR) is 187 cm³/mol. The standard InChI is InChI=1S/C43H33N/c1-43(2)41-20-12-11-19-38(41)39-26-24-36(29-42(39)43)44(34-22-21-30-13-9-10-18-33(30)27-34)35-23-25-37(31-14-5-3-6-15-31)40(28-35)32-16-7-4-8-17-32/h3-29H,1-2H3. The molecule has 7 aromatic rings.